The van der Waals surface area contributed by atoms with Crippen LogP contribution in [0.5, 0.6) is 0 Å². The van der Waals surface area contributed by atoms with Gasteiger partial charge < -0.3 is 15.1 Å². The number of hydrogen-bond acceptors (Lipinski definition) is 7. The molecule has 28 heavy (non-hydrogen) atoms. The quantitative estimate of drug-likeness (QED) is 0.806. The number of carbonyl (C=O) groups excluding carboxylic acids is 1. The summed E-state index contributed by atoms with van der Waals surface area (Å²) in [6.07, 6.45) is 7.11. The number of amides is 1. The van der Waals surface area contributed by atoms with Gasteiger partial charge in [-0.15, -0.1) is 0 Å². The minimum atomic E-state index is -0.171. The van der Waals surface area contributed by atoms with E-state index in [0.717, 1.165) is 48.7 Å². The molecule has 1 aliphatic rings. The van der Waals surface area contributed by atoms with Crippen molar-refractivity contribution in [1.29, 1.82) is 0 Å². The molecule has 1 unspecified atom stereocenters. The van der Waals surface area contributed by atoms with Gasteiger partial charge in [-0.3, -0.25) is 14.8 Å². The zero-order valence-corrected chi connectivity index (χ0v) is 17.3. The summed E-state index contributed by atoms with van der Waals surface area (Å²) in [4.78, 5) is 33.5. The van der Waals surface area contributed by atoms with E-state index < -0.39 is 0 Å². The third-order valence-corrected chi connectivity index (χ3v) is 5.10. The van der Waals surface area contributed by atoms with Crippen molar-refractivity contribution in [2.24, 2.45) is 0 Å². The van der Waals surface area contributed by atoms with Crippen molar-refractivity contribution in [3.05, 3.63) is 41.4 Å². The summed E-state index contributed by atoms with van der Waals surface area (Å²) in [5.41, 5.74) is 2.87. The fourth-order valence-electron chi connectivity index (χ4n) is 3.52. The lowest BCUT2D eigenvalue weighted by atomic mass is 10.1. The maximum atomic E-state index is 12.3. The molecule has 1 N–H and O–H groups in total. The van der Waals surface area contributed by atoms with E-state index in [1.165, 1.54) is 4.90 Å². The predicted molar refractivity (Wildman–Crippen MR) is 108 cm³/mol. The maximum Gasteiger partial charge on any atom is 0.291 e. The highest BCUT2D eigenvalue weighted by atomic mass is 16.2. The van der Waals surface area contributed by atoms with Crippen LogP contribution in [-0.2, 0) is 6.42 Å². The van der Waals surface area contributed by atoms with Crippen LogP contribution in [0.15, 0.2) is 18.6 Å². The van der Waals surface area contributed by atoms with Crippen molar-refractivity contribution < 1.29 is 4.79 Å². The van der Waals surface area contributed by atoms with Crippen molar-refractivity contribution in [3.8, 4) is 0 Å². The average molecular weight is 384 g/mol. The number of hydrogen-bond donors (Lipinski definition) is 1. The van der Waals surface area contributed by atoms with Crippen molar-refractivity contribution in [2.75, 3.05) is 32.1 Å². The molecule has 0 bridgehead atoms. The van der Waals surface area contributed by atoms with E-state index in [9.17, 15) is 4.79 Å². The first kappa shape index (κ1) is 20.1. The van der Waals surface area contributed by atoms with Gasteiger partial charge in [0.1, 0.15) is 5.82 Å². The summed E-state index contributed by atoms with van der Waals surface area (Å²) < 4.78 is 0. The SMILES string of the molecule is Cc1nc(C(=O)N(C)C)nc(N2CC[C@@H](NC(C)Cc3cnccn3)C2)c1C. The van der Waals surface area contributed by atoms with Crippen LogP contribution in [0.1, 0.15) is 40.9 Å². The predicted octanol–water partition coefficient (Wildman–Crippen LogP) is 1.38. The molecule has 1 saturated heterocycles. The Labute approximate surface area is 166 Å². The van der Waals surface area contributed by atoms with Crippen LogP contribution in [-0.4, -0.2) is 70.0 Å². The molecule has 0 aliphatic carbocycles. The zero-order valence-electron chi connectivity index (χ0n) is 17.3. The van der Waals surface area contributed by atoms with Gasteiger partial charge >= 0.3 is 0 Å². The second-order valence-electron chi connectivity index (χ2n) is 7.68. The van der Waals surface area contributed by atoms with Crippen LogP contribution in [0.2, 0.25) is 0 Å². The first-order chi connectivity index (χ1) is 13.3. The molecule has 3 heterocycles. The second kappa shape index (κ2) is 8.60. The Morgan fingerprint density at radius 3 is 2.79 bits per heavy atom. The lowest BCUT2D eigenvalue weighted by Gasteiger charge is -2.23. The molecule has 0 saturated carbocycles. The zero-order chi connectivity index (χ0) is 20.3. The summed E-state index contributed by atoms with van der Waals surface area (Å²) in [7, 11) is 3.43. The van der Waals surface area contributed by atoms with Gasteiger partial charge in [0.15, 0.2) is 0 Å². The van der Waals surface area contributed by atoms with Crippen molar-refractivity contribution in [3.63, 3.8) is 0 Å². The molecule has 2 aromatic rings. The minimum Gasteiger partial charge on any atom is -0.355 e. The van der Waals surface area contributed by atoms with Crippen LogP contribution in [0.3, 0.4) is 0 Å². The molecular formula is C20H29N7O. The minimum absolute atomic E-state index is 0.171. The normalized spacial score (nSPS) is 17.6. The lowest BCUT2D eigenvalue weighted by molar-refractivity contribution is 0.0815. The number of carbonyl (C=O) groups is 1. The van der Waals surface area contributed by atoms with E-state index in [1.54, 1.807) is 26.5 Å². The molecule has 3 rings (SSSR count). The Balaban J connectivity index is 1.67. The van der Waals surface area contributed by atoms with Gasteiger partial charge in [0.25, 0.3) is 5.91 Å². The van der Waals surface area contributed by atoms with E-state index in [2.05, 4.69) is 37.1 Å². The summed E-state index contributed by atoms with van der Waals surface area (Å²) in [6, 6.07) is 0.676. The van der Waals surface area contributed by atoms with Crippen molar-refractivity contribution >= 4 is 11.7 Å². The molecule has 1 aliphatic heterocycles. The summed E-state index contributed by atoms with van der Waals surface area (Å²) in [5.74, 6) is 0.954. The number of nitrogens with zero attached hydrogens (tertiary/aromatic N) is 6. The molecule has 2 aromatic heterocycles. The van der Waals surface area contributed by atoms with Gasteiger partial charge in [0, 0.05) is 75.5 Å². The van der Waals surface area contributed by atoms with Gasteiger partial charge in [0.2, 0.25) is 5.82 Å². The summed E-state index contributed by atoms with van der Waals surface area (Å²) in [5, 5.41) is 3.69. The summed E-state index contributed by atoms with van der Waals surface area (Å²) in [6.45, 7) is 7.89. The van der Waals surface area contributed by atoms with Crippen LogP contribution < -0.4 is 10.2 Å². The highest BCUT2D eigenvalue weighted by molar-refractivity contribution is 5.90. The van der Waals surface area contributed by atoms with Crippen LogP contribution >= 0.6 is 0 Å². The Morgan fingerprint density at radius 2 is 2.11 bits per heavy atom. The average Bonchev–Trinajstić information content (AvgIpc) is 3.11. The first-order valence-corrected chi connectivity index (χ1v) is 9.68. The number of nitrogens with one attached hydrogen (secondary N) is 1. The monoisotopic (exact) mass is 383 g/mol. The van der Waals surface area contributed by atoms with Crippen LogP contribution in [0, 0.1) is 13.8 Å². The molecule has 150 valence electrons. The molecule has 0 aromatic carbocycles. The second-order valence-corrected chi connectivity index (χ2v) is 7.68. The van der Waals surface area contributed by atoms with Gasteiger partial charge in [-0.05, 0) is 27.2 Å². The molecule has 8 nitrogen and oxygen atoms in total. The topological polar surface area (TPSA) is 87.1 Å². The van der Waals surface area contributed by atoms with Crippen molar-refractivity contribution in [2.45, 2.75) is 45.7 Å². The van der Waals surface area contributed by atoms with Gasteiger partial charge in [-0.2, -0.15) is 0 Å². The van der Waals surface area contributed by atoms with E-state index in [-0.39, 0.29) is 11.7 Å². The molecule has 8 heteroatoms. The molecule has 1 amide bonds. The van der Waals surface area contributed by atoms with Crippen LogP contribution in [0.4, 0.5) is 5.82 Å². The molecular weight excluding hydrogens is 354 g/mol. The Bertz CT molecular complexity index is 825. The largest absolute Gasteiger partial charge is 0.355 e. The van der Waals surface area contributed by atoms with E-state index in [0.29, 0.717) is 12.1 Å². The number of aromatic nitrogens is 4. The highest BCUT2D eigenvalue weighted by Crippen LogP contribution is 2.24. The Hall–Kier alpha value is -2.61. The summed E-state index contributed by atoms with van der Waals surface area (Å²) >= 11 is 0. The third kappa shape index (κ3) is 4.62. The Morgan fingerprint density at radius 1 is 1.32 bits per heavy atom. The van der Waals surface area contributed by atoms with E-state index in [4.69, 9.17) is 0 Å². The fourth-order valence-corrected chi connectivity index (χ4v) is 3.52. The van der Waals surface area contributed by atoms with E-state index >= 15 is 0 Å². The van der Waals surface area contributed by atoms with Crippen LogP contribution in [0.25, 0.3) is 0 Å². The fraction of sp³-hybridized carbons (Fsp3) is 0.550. The smallest absolute Gasteiger partial charge is 0.291 e. The number of anilines is 1. The van der Waals surface area contributed by atoms with Gasteiger partial charge in [-0.25, -0.2) is 9.97 Å². The highest BCUT2D eigenvalue weighted by Gasteiger charge is 2.27. The first-order valence-electron chi connectivity index (χ1n) is 9.68. The third-order valence-electron chi connectivity index (χ3n) is 5.10. The standard InChI is InChI=1S/C20H29N7O/c1-13(10-17-11-21-7-8-22-17)23-16-6-9-27(12-16)19-14(2)15(3)24-18(25-19)20(28)26(4)5/h7-8,11,13,16,23H,6,9-10,12H2,1-5H3/t13?,16-/m1/s1. The van der Waals surface area contributed by atoms with Gasteiger partial charge in [-0.1, -0.05) is 0 Å². The molecule has 0 radical (unpaired) electrons. The lowest BCUT2D eigenvalue weighted by Crippen LogP contribution is -2.40. The molecule has 0 spiro atoms. The Kier molecular flexibility index (Phi) is 6.18. The van der Waals surface area contributed by atoms with Crippen molar-refractivity contribution in [1.82, 2.24) is 30.2 Å². The number of rotatable bonds is 6. The molecule has 1 fully saturated rings. The molecule has 2 atom stereocenters. The van der Waals surface area contributed by atoms with E-state index in [1.807, 2.05) is 20.0 Å². The maximum absolute atomic E-state index is 12.3. The number of aryl methyl sites for hydroxylation is 1. The van der Waals surface area contributed by atoms with Gasteiger partial charge in [0.05, 0.1) is 5.69 Å².